The summed E-state index contributed by atoms with van der Waals surface area (Å²) in [6.45, 7) is 3.21. The number of nitrogens with two attached hydrogens (primary N) is 1. The second kappa shape index (κ2) is 5.50. The third kappa shape index (κ3) is 2.92. The Labute approximate surface area is 84.8 Å². The van der Waals surface area contributed by atoms with Crippen molar-refractivity contribution in [2.24, 2.45) is 0 Å². The van der Waals surface area contributed by atoms with Gasteiger partial charge in [0.25, 0.3) is 0 Å². The quantitative estimate of drug-likeness (QED) is 0.576. The fourth-order valence-electron chi connectivity index (χ4n) is 1.18. The fourth-order valence-corrected chi connectivity index (χ4v) is 1.18. The first-order valence-electron chi connectivity index (χ1n) is 4.78. The highest BCUT2D eigenvalue weighted by Crippen LogP contribution is 2.22. The van der Waals surface area contributed by atoms with Crippen LogP contribution in [0, 0.1) is 0 Å². The molecule has 3 heteroatoms. The first-order valence-corrected chi connectivity index (χ1v) is 4.78. The summed E-state index contributed by atoms with van der Waals surface area (Å²) in [6, 6.07) is 5.88. The van der Waals surface area contributed by atoms with E-state index in [2.05, 4.69) is 6.92 Å². The van der Waals surface area contributed by atoms with Gasteiger partial charge in [-0.3, -0.25) is 0 Å². The van der Waals surface area contributed by atoms with Gasteiger partial charge in [-0.15, -0.1) is 0 Å². The fraction of sp³-hybridized carbons (Fsp3) is 0.455. The molecule has 0 aliphatic carbocycles. The van der Waals surface area contributed by atoms with E-state index in [1.54, 1.807) is 7.11 Å². The highest BCUT2D eigenvalue weighted by atomic mass is 16.5. The van der Waals surface area contributed by atoms with E-state index in [9.17, 15) is 0 Å². The van der Waals surface area contributed by atoms with Crippen molar-refractivity contribution in [3.05, 3.63) is 23.8 Å². The van der Waals surface area contributed by atoms with Crippen LogP contribution >= 0.6 is 0 Å². The van der Waals surface area contributed by atoms with Crippen LogP contribution in [0.4, 0.5) is 5.69 Å². The number of ether oxygens (including phenoxy) is 2. The average Bonchev–Trinajstić information content (AvgIpc) is 2.20. The van der Waals surface area contributed by atoms with Gasteiger partial charge in [0.2, 0.25) is 0 Å². The summed E-state index contributed by atoms with van der Waals surface area (Å²) in [5.74, 6) is 0.735. The first-order chi connectivity index (χ1) is 6.77. The third-order valence-electron chi connectivity index (χ3n) is 2.03. The van der Waals surface area contributed by atoms with Crippen LogP contribution in [0.25, 0.3) is 0 Å². The van der Waals surface area contributed by atoms with Gasteiger partial charge in [0.15, 0.2) is 0 Å². The number of rotatable bonds is 5. The maximum absolute atomic E-state index is 5.81. The molecule has 1 aromatic rings. The number of methoxy groups -OCH3 is 1. The second-order valence-corrected chi connectivity index (χ2v) is 3.07. The summed E-state index contributed by atoms with van der Waals surface area (Å²) in [6.07, 6.45) is 0.989. The zero-order chi connectivity index (χ0) is 10.4. The number of hydrogen-bond acceptors (Lipinski definition) is 3. The molecule has 0 amide bonds. The minimum absolute atomic E-state index is 0.534. The highest BCUT2D eigenvalue weighted by molar-refractivity contribution is 5.54. The lowest BCUT2D eigenvalue weighted by Crippen LogP contribution is -2.06. The van der Waals surface area contributed by atoms with Crippen LogP contribution in [0.15, 0.2) is 18.2 Å². The molecule has 0 saturated heterocycles. The Kier molecular flexibility index (Phi) is 4.26. The summed E-state index contributed by atoms with van der Waals surface area (Å²) < 4.78 is 10.3. The monoisotopic (exact) mass is 195 g/mol. The van der Waals surface area contributed by atoms with Crippen molar-refractivity contribution in [3.8, 4) is 5.75 Å². The molecular formula is C11H17NO2. The third-order valence-corrected chi connectivity index (χ3v) is 2.03. The summed E-state index contributed by atoms with van der Waals surface area (Å²) in [5, 5.41) is 0. The Morgan fingerprint density at radius 3 is 2.64 bits per heavy atom. The molecule has 0 unspecified atom stereocenters. The maximum atomic E-state index is 5.81. The predicted octanol–water partition coefficient (Wildman–Crippen LogP) is 1.86. The Morgan fingerprint density at radius 2 is 2.07 bits per heavy atom. The number of hydrogen-bond donors (Lipinski definition) is 1. The van der Waals surface area contributed by atoms with Gasteiger partial charge in [-0.25, -0.2) is 0 Å². The molecule has 0 spiro atoms. The Morgan fingerprint density at radius 1 is 1.29 bits per heavy atom. The molecule has 0 aliphatic rings. The van der Waals surface area contributed by atoms with Gasteiger partial charge >= 0.3 is 0 Å². The van der Waals surface area contributed by atoms with Gasteiger partial charge in [0.05, 0.1) is 12.3 Å². The zero-order valence-corrected chi connectivity index (χ0v) is 8.75. The van der Waals surface area contributed by atoms with Crippen LogP contribution in [0.1, 0.15) is 12.5 Å². The Bertz CT molecular complexity index is 287. The van der Waals surface area contributed by atoms with Gasteiger partial charge in [0.1, 0.15) is 12.4 Å². The van der Waals surface area contributed by atoms with Crippen molar-refractivity contribution in [1.29, 1.82) is 0 Å². The van der Waals surface area contributed by atoms with Crippen LogP contribution in [0.2, 0.25) is 0 Å². The van der Waals surface area contributed by atoms with E-state index in [-0.39, 0.29) is 0 Å². The number of anilines is 1. The zero-order valence-electron chi connectivity index (χ0n) is 8.75. The van der Waals surface area contributed by atoms with E-state index in [1.807, 2.05) is 18.2 Å². The van der Waals surface area contributed by atoms with E-state index in [4.69, 9.17) is 15.2 Å². The molecule has 0 fully saturated rings. The largest absolute Gasteiger partial charge is 0.489 e. The molecule has 14 heavy (non-hydrogen) atoms. The van der Waals surface area contributed by atoms with Crippen LogP contribution in [0.5, 0.6) is 5.75 Å². The molecule has 3 nitrogen and oxygen atoms in total. The van der Waals surface area contributed by atoms with Crippen LogP contribution in [0.3, 0.4) is 0 Å². The van der Waals surface area contributed by atoms with E-state index >= 15 is 0 Å². The molecule has 1 aromatic carbocycles. The summed E-state index contributed by atoms with van der Waals surface area (Å²) in [4.78, 5) is 0. The second-order valence-electron chi connectivity index (χ2n) is 3.07. The molecule has 2 N–H and O–H groups in total. The van der Waals surface area contributed by atoms with Gasteiger partial charge in [0, 0.05) is 7.11 Å². The van der Waals surface area contributed by atoms with Crippen LogP contribution in [-0.4, -0.2) is 20.3 Å². The van der Waals surface area contributed by atoms with Gasteiger partial charge in [-0.1, -0.05) is 13.0 Å². The first kappa shape index (κ1) is 10.9. The predicted molar refractivity (Wildman–Crippen MR) is 57.6 cm³/mol. The summed E-state index contributed by atoms with van der Waals surface area (Å²) in [5.41, 5.74) is 7.73. The number of benzene rings is 1. The molecule has 0 saturated carbocycles. The van der Waals surface area contributed by atoms with Crippen molar-refractivity contribution in [2.45, 2.75) is 13.3 Å². The van der Waals surface area contributed by atoms with E-state index in [0.717, 1.165) is 12.2 Å². The Balaban J connectivity index is 2.59. The summed E-state index contributed by atoms with van der Waals surface area (Å²) in [7, 11) is 1.65. The van der Waals surface area contributed by atoms with Crippen LogP contribution in [-0.2, 0) is 11.2 Å². The lowest BCUT2D eigenvalue weighted by Gasteiger charge is -2.09. The van der Waals surface area contributed by atoms with Gasteiger partial charge < -0.3 is 15.2 Å². The van der Waals surface area contributed by atoms with Crippen molar-refractivity contribution in [1.82, 2.24) is 0 Å². The van der Waals surface area contributed by atoms with Gasteiger partial charge in [-0.05, 0) is 24.1 Å². The molecule has 0 aliphatic heterocycles. The summed E-state index contributed by atoms with van der Waals surface area (Å²) >= 11 is 0. The van der Waals surface area contributed by atoms with Crippen molar-refractivity contribution >= 4 is 5.69 Å². The minimum atomic E-state index is 0.534. The molecule has 0 aromatic heterocycles. The molecule has 0 radical (unpaired) electrons. The SMILES string of the molecule is CCc1ccc(OCCOC)c(N)c1. The average molecular weight is 195 g/mol. The molecule has 0 heterocycles. The van der Waals surface area contributed by atoms with Crippen molar-refractivity contribution < 1.29 is 9.47 Å². The Hall–Kier alpha value is -1.22. The lowest BCUT2D eigenvalue weighted by molar-refractivity contribution is 0.146. The van der Waals surface area contributed by atoms with Gasteiger partial charge in [-0.2, -0.15) is 0 Å². The number of aryl methyl sites for hydroxylation is 1. The minimum Gasteiger partial charge on any atom is -0.489 e. The topological polar surface area (TPSA) is 44.5 Å². The normalized spacial score (nSPS) is 10.1. The molecular weight excluding hydrogens is 178 g/mol. The number of nitrogen functional groups attached to an aromatic ring is 1. The van der Waals surface area contributed by atoms with Crippen molar-refractivity contribution in [3.63, 3.8) is 0 Å². The molecule has 0 atom stereocenters. The molecule has 1 rings (SSSR count). The van der Waals surface area contributed by atoms with E-state index in [0.29, 0.717) is 18.9 Å². The van der Waals surface area contributed by atoms with E-state index < -0.39 is 0 Å². The smallest absolute Gasteiger partial charge is 0.142 e. The van der Waals surface area contributed by atoms with Crippen molar-refractivity contribution in [2.75, 3.05) is 26.1 Å². The van der Waals surface area contributed by atoms with E-state index in [1.165, 1.54) is 5.56 Å². The maximum Gasteiger partial charge on any atom is 0.142 e. The van der Waals surface area contributed by atoms with Crippen LogP contribution < -0.4 is 10.5 Å². The molecule has 78 valence electrons. The lowest BCUT2D eigenvalue weighted by atomic mass is 10.1. The standard InChI is InChI=1S/C11H17NO2/c1-3-9-4-5-11(10(12)8-9)14-7-6-13-2/h4-5,8H,3,6-7,12H2,1-2H3. The highest BCUT2D eigenvalue weighted by Gasteiger charge is 2.00. The molecule has 0 bridgehead atoms.